The van der Waals surface area contributed by atoms with Gasteiger partial charge in [0.05, 0.1) is 23.6 Å². The first-order valence-corrected chi connectivity index (χ1v) is 14.2. The molecular weight excluding hydrogens is 642 g/mol. The summed E-state index contributed by atoms with van der Waals surface area (Å²) in [7, 11) is 0. The van der Waals surface area contributed by atoms with Crippen molar-refractivity contribution in [2.75, 3.05) is 37.7 Å². The molecule has 242 valence electrons. The van der Waals surface area contributed by atoms with Crippen molar-refractivity contribution in [2.24, 2.45) is 0 Å². The van der Waals surface area contributed by atoms with E-state index in [1.807, 2.05) is 23.1 Å². The van der Waals surface area contributed by atoms with Crippen molar-refractivity contribution < 1.29 is 56.3 Å². The summed E-state index contributed by atoms with van der Waals surface area (Å²) < 4.78 is 68.7. The number of hydrogen-bond donors (Lipinski definition) is 3. The predicted molar refractivity (Wildman–Crippen MR) is 149 cm³/mol. The van der Waals surface area contributed by atoms with Gasteiger partial charge in [0.15, 0.2) is 0 Å². The number of nitrogens with zero attached hydrogens (tertiary/aromatic N) is 2. The minimum absolute atomic E-state index is 0.0574. The number of hydrogen-bond acceptors (Lipinski definition) is 7. The number of carboxylic acids is 2. The van der Waals surface area contributed by atoms with Gasteiger partial charge < -0.3 is 29.7 Å². The van der Waals surface area contributed by atoms with Crippen LogP contribution in [0.5, 0.6) is 11.5 Å². The highest BCUT2D eigenvalue weighted by molar-refractivity contribution is 6.32. The van der Waals surface area contributed by atoms with Crippen molar-refractivity contribution >= 4 is 40.8 Å². The number of piperidine rings is 1. The van der Waals surface area contributed by atoms with Crippen molar-refractivity contribution in [1.82, 2.24) is 4.90 Å². The number of aliphatic hydroxyl groups is 1. The molecule has 2 aromatic carbocycles. The Morgan fingerprint density at radius 3 is 2.34 bits per heavy atom. The number of carbonyl (C=O) groups is 2. The molecule has 5 rings (SSSR count). The number of aliphatic carboxylic acids is 2. The quantitative estimate of drug-likeness (QED) is 0.353. The summed E-state index contributed by atoms with van der Waals surface area (Å²) >= 11 is 12.3. The molecule has 1 spiro atoms. The maximum atomic E-state index is 12.7. The van der Waals surface area contributed by atoms with Crippen LogP contribution in [0.3, 0.4) is 0 Å². The molecule has 1 unspecified atom stereocenters. The van der Waals surface area contributed by atoms with Gasteiger partial charge in [0.25, 0.3) is 6.43 Å². The van der Waals surface area contributed by atoms with E-state index in [0.717, 1.165) is 43.7 Å². The second-order valence-electron chi connectivity index (χ2n) is 10.8. The van der Waals surface area contributed by atoms with E-state index in [9.17, 15) is 37.0 Å². The molecule has 3 heterocycles. The van der Waals surface area contributed by atoms with Crippen molar-refractivity contribution in [2.45, 2.75) is 56.0 Å². The lowest BCUT2D eigenvalue weighted by molar-refractivity contribution is -0.192. The number of benzene rings is 2. The zero-order chi connectivity index (χ0) is 32.4. The molecule has 2 saturated heterocycles. The van der Waals surface area contributed by atoms with Crippen molar-refractivity contribution in [3.05, 3.63) is 51.5 Å². The third-order valence-electron chi connectivity index (χ3n) is 7.72. The van der Waals surface area contributed by atoms with Crippen LogP contribution in [0.25, 0.3) is 0 Å². The van der Waals surface area contributed by atoms with E-state index in [1.165, 1.54) is 12.1 Å². The molecule has 16 heteroatoms. The van der Waals surface area contributed by atoms with Crippen LogP contribution in [0.4, 0.5) is 27.6 Å². The van der Waals surface area contributed by atoms with Crippen LogP contribution >= 0.6 is 23.2 Å². The topological polar surface area (TPSA) is 120 Å². The van der Waals surface area contributed by atoms with E-state index in [0.29, 0.717) is 22.8 Å². The molecule has 0 radical (unpaired) electrons. The summed E-state index contributed by atoms with van der Waals surface area (Å²) in [5, 5.41) is 28.2. The minimum atomic E-state index is -5.08. The summed E-state index contributed by atoms with van der Waals surface area (Å²) in [5.74, 6) is -2.87. The van der Waals surface area contributed by atoms with E-state index in [2.05, 4.69) is 4.90 Å². The van der Waals surface area contributed by atoms with Gasteiger partial charge in [0.2, 0.25) is 0 Å². The third kappa shape index (κ3) is 8.14. The van der Waals surface area contributed by atoms with Crippen LogP contribution in [0.2, 0.25) is 10.0 Å². The van der Waals surface area contributed by atoms with Gasteiger partial charge in [-0.25, -0.2) is 13.6 Å². The maximum absolute atomic E-state index is 12.7. The first-order chi connectivity index (χ1) is 20.6. The molecule has 2 aromatic rings. The molecule has 9 nitrogen and oxygen atoms in total. The minimum Gasteiger partial charge on any atom is -0.487 e. The van der Waals surface area contributed by atoms with Crippen molar-refractivity contribution in [3.8, 4) is 11.5 Å². The van der Waals surface area contributed by atoms with Crippen LogP contribution in [0, 0.1) is 0 Å². The lowest BCUT2D eigenvalue weighted by Gasteiger charge is -2.41. The van der Waals surface area contributed by atoms with Crippen LogP contribution in [0.15, 0.2) is 30.3 Å². The number of alkyl halides is 5. The Labute approximate surface area is 258 Å². The molecule has 0 amide bonds. The zero-order valence-electron chi connectivity index (χ0n) is 23.0. The second kappa shape index (κ2) is 13.5. The molecule has 3 N–H and O–H groups in total. The largest absolute Gasteiger partial charge is 0.490 e. The molecule has 2 atom stereocenters. The Morgan fingerprint density at radius 1 is 1.09 bits per heavy atom. The fourth-order valence-corrected chi connectivity index (χ4v) is 6.15. The van der Waals surface area contributed by atoms with Crippen LogP contribution in [-0.4, -0.2) is 95.3 Å². The standard InChI is InChI=1S/C26H28Cl2F2N2O5.C2HF3O2/c27-17-1-2-22-16(7-17)11-26(37-22)3-5-31(6-4-26)20-12-32(13-21(20)33)19-10-23(36-14-24(29)30)18(28)8-15(19)9-25(34)35;3-2(4,5)1(6)7/h1-2,7-8,10,20-21,24,33H,3-6,9,11-14H2,(H,34,35);(H,6,7)/t20?,21-;/m1./s1. The lowest BCUT2D eigenvalue weighted by Crippen LogP contribution is -2.53. The first-order valence-electron chi connectivity index (χ1n) is 13.5. The van der Waals surface area contributed by atoms with Gasteiger partial charge in [0.1, 0.15) is 23.7 Å². The highest BCUT2D eigenvalue weighted by atomic mass is 35.5. The highest BCUT2D eigenvalue weighted by Gasteiger charge is 2.45. The molecule has 0 aliphatic carbocycles. The van der Waals surface area contributed by atoms with E-state index in [1.54, 1.807) is 0 Å². The van der Waals surface area contributed by atoms with Crippen molar-refractivity contribution in [1.29, 1.82) is 0 Å². The number of fused-ring (bicyclic) bond motifs is 1. The number of carboxylic acid groups (broad SMARTS) is 2. The number of ether oxygens (including phenoxy) is 2. The summed E-state index contributed by atoms with van der Waals surface area (Å²) in [4.78, 5) is 24.5. The number of rotatable bonds is 7. The van der Waals surface area contributed by atoms with Gasteiger partial charge in [-0.15, -0.1) is 0 Å². The highest BCUT2D eigenvalue weighted by Crippen LogP contribution is 2.43. The molecule has 0 aromatic heterocycles. The number of β-amino-alcohol motifs (C(OH)–C–C–N with tert-alkyl or cyclic N) is 1. The van der Waals surface area contributed by atoms with Gasteiger partial charge in [-0.05, 0) is 35.4 Å². The second-order valence-corrected chi connectivity index (χ2v) is 11.6. The molecule has 0 bridgehead atoms. The Bertz CT molecular complexity index is 1370. The van der Waals surface area contributed by atoms with E-state index >= 15 is 0 Å². The molecule has 44 heavy (non-hydrogen) atoms. The average molecular weight is 671 g/mol. The summed E-state index contributed by atoms with van der Waals surface area (Å²) in [6, 6.07) is 8.47. The fourth-order valence-electron chi connectivity index (χ4n) is 5.72. The number of halogens is 7. The maximum Gasteiger partial charge on any atom is 0.490 e. The van der Waals surface area contributed by atoms with E-state index < -0.39 is 37.3 Å². The summed E-state index contributed by atoms with van der Waals surface area (Å²) in [6.45, 7) is 1.38. The monoisotopic (exact) mass is 670 g/mol. The Morgan fingerprint density at radius 2 is 1.75 bits per heavy atom. The number of likely N-dealkylation sites (tertiary alicyclic amines) is 1. The SMILES string of the molecule is O=C(O)C(F)(F)F.O=C(O)Cc1cc(Cl)c(OCC(F)F)cc1N1CC(N2CCC3(CC2)Cc2cc(Cl)ccc2O3)[C@H](O)C1. The normalized spacial score (nSPS) is 21.1. The Balaban J connectivity index is 0.000000566. The summed E-state index contributed by atoms with van der Waals surface area (Å²) in [6.07, 6.45) is -6.31. The zero-order valence-corrected chi connectivity index (χ0v) is 24.5. The molecular formula is C28H29Cl2F5N2O7. The third-order valence-corrected chi connectivity index (χ3v) is 8.25. The molecule has 2 fully saturated rings. The smallest absolute Gasteiger partial charge is 0.487 e. The Kier molecular flexibility index (Phi) is 10.4. The van der Waals surface area contributed by atoms with Crippen molar-refractivity contribution in [3.63, 3.8) is 0 Å². The van der Waals surface area contributed by atoms with Gasteiger partial charge in [0, 0.05) is 62.2 Å². The predicted octanol–water partition coefficient (Wildman–Crippen LogP) is 4.92. The summed E-state index contributed by atoms with van der Waals surface area (Å²) in [5.41, 5.74) is 1.79. The van der Waals surface area contributed by atoms with Gasteiger partial charge in [-0.1, -0.05) is 23.2 Å². The molecule has 3 aliphatic heterocycles. The lowest BCUT2D eigenvalue weighted by atomic mass is 9.86. The first kappa shape index (κ1) is 33.8. The molecule has 3 aliphatic rings. The average Bonchev–Trinajstić information content (AvgIpc) is 3.47. The van der Waals surface area contributed by atoms with Crippen LogP contribution in [0.1, 0.15) is 24.0 Å². The molecule has 0 saturated carbocycles. The fraction of sp³-hybridized carbons (Fsp3) is 0.500. The number of aliphatic hydroxyl groups excluding tert-OH is 1. The Hall–Kier alpha value is -3.07. The van der Waals surface area contributed by atoms with Gasteiger partial charge in [-0.2, -0.15) is 13.2 Å². The number of anilines is 1. The van der Waals surface area contributed by atoms with Gasteiger partial charge in [-0.3, -0.25) is 9.69 Å². The van der Waals surface area contributed by atoms with Crippen LogP contribution < -0.4 is 14.4 Å². The van der Waals surface area contributed by atoms with E-state index in [4.69, 9.17) is 42.6 Å². The van der Waals surface area contributed by atoms with E-state index in [-0.39, 0.29) is 35.4 Å². The van der Waals surface area contributed by atoms with Gasteiger partial charge >= 0.3 is 18.1 Å². The van der Waals surface area contributed by atoms with Crippen LogP contribution in [-0.2, 0) is 22.4 Å².